The van der Waals surface area contributed by atoms with E-state index < -0.39 is 0 Å². The largest absolute Gasteiger partial charge is 0.506 e. The Bertz CT molecular complexity index is 444. The van der Waals surface area contributed by atoms with E-state index in [1.807, 2.05) is 6.07 Å². The van der Waals surface area contributed by atoms with Gasteiger partial charge in [0.2, 0.25) is 0 Å². The summed E-state index contributed by atoms with van der Waals surface area (Å²) >= 11 is 3.34. The number of aromatic hydroxyl groups is 1. The summed E-state index contributed by atoms with van der Waals surface area (Å²) < 4.78 is 11.0. The third-order valence-electron chi connectivity index (χ3n) is 3.40. The lowest BCUT2D eigenvalue weighted by Gasteiger charge is -2.19. The molecule has 4 nitrogen and oxygen atoms in total. The van der Waals surface area contributed by atoms with Crippen molar-refractivity contribution in [2.24, 2.45) is 5.73 Å². The molecule has 1 aliphatic rings. The van der Waals surface area contributed by atoms with Crippen molar-refractivity contribution in [3.05, 3.63) is 16.1 Å². The van der Waals surface area contributed by atoms with Crippen LogP contribution in [0.25, 0.3) is 0 Å². The van der Waals surface area contributed by atoms with Gasteiger partial charge in [-0.25, -0.2) is 0 Å². The van der Waals surface area contributed by atoms with Crippen molar-refractivity contribution in [2.75, 3.05) is 20.8 Å². The van der Waals surface area contributed by atoms with Crippen molar-refractivity contribution in [3.63, 3.8) is 0 Å². The van der Waals surface area contributed by atoms with Gasteiger partial charge in [0.15, 0.2) is 11.5 Å². The van der Waals surface area contributed by atoms with Crippen LogP contribution in [0.5, 0.6) is 17.2 Å². The predicted octanol–water partition coefficient (Wildman–Crippen LogP) is 2.16. The van der Waals surface area contributed by atoms with E-state index in [0.717, 1.165) is 18.4 Å². The third kappa shape index (κ3) is 1.87. The van der Waals surface area contributed by atoms with Crippen LogP contribution >= 0.6 is 15.9 Å². The molecule has 94 valence electrons. The molecule has 1 fully saturated rings. The summed E-state index contributed by atoms with van der Waals surface area (Å²) in [4.78, 5) is 0. The highest BCUT2D eigenvalue weighted by Gasteiger charge is 2.45. The monoisotopic (exact) mass is 301 g/mol. The van der Waals surface area contributed by atoms with Crippen LogP contribution in [0.4, 0.5) is 0 Å². The quantitative estimate of drug-likeness (QED) is 0.894. The average Bonchev–Trinajstić information content (AvgIpc) is 3.13. The molecule has 0 aliphatic heterocycles. The molecular formula is C12H16BrNO3. The van der Waals surface area contributed by atoms with Crippen molar-refractivity contribution in [1.82, 2.24) is 0 Å². The zero-order valence-electron chi connectivity index (χ0n) is 9.92. The first-order valence-electron chi connectivity index (χ1n) is 5.43. The van der Waals surface area contributed by atoms with Crippen LogP contribution in [-0.2, 0) is 5.41 Å². The number of phenolic OH excluding ortho intramolecular Hbond substituents is 1. The van der Waals surface area contributed by atoms with Gasteiger partial charge >= 0.3 is 0 Å². The summed E-state index contributed by atoms with van der Waals surface area (Å²) in [6, 6.07) is 1.82. The fourth-order valence-corrected chi connectivity index (χ4v) is 2.65. The molecule has 0 atom stereocenters. The molecule has 5 heteroatoms. The lowest BCUT2D eigenvalue weighted by Crippen LogP contribution is -2.20. The van der Waals surface area contributed by atoms with Gasteiger partial charge in [-0.15, -0.1) is 0 Å². The standard InChI is InChI=1S/C12H16BrNO3/c1-16-8-5-7(12(6-14)3-4-12)10(15)9(13)11(8)17-2/h5,15H,3-4,6,14H2,1-2H3. The molecule has 1 aliphatic carbocycles. The Labute approximate surface area is 109 Å². The number of ether oxygens (including phenoxy) is 2. The molecule has 2 rings (SSSR count). The topological polar surface area (TPSA) is 64.7 Å². The van der Waals surface area contributed by atoms with Crippen LogP contribution in [-0.4, -0.2) is 25.9 Å². The van der Waals surface area contributed by atoms with Crippen LogP contribution in [0.1, 0.15) is 18.4 Å². The van der Waals surface area contributed by atoms with E-state index in [0.29, 0.717) is 22.5 Å². The fourth-order valence-electron chi connectivity index (χ4n) is 2.08. The van der Waals surface area contributed by atoms with Crippen LogP contribution in [0.3, 0.4) is 0 Å². The number of methoxy groups -OCH3 is 2. The number of hydrogen-bond donors (Lipinski definition) is 2. The summed E-state index contributed by atoms with van der Waals surface area (Å²) in [6.07, 6.45) is 2.00. The highest BCUT2D eigenvalue weighted by Crippen LogP contribution is 2.55. The number of phenols is 1. The van der Waals surface area contributed by atoms with Gasteiger partial charge < -0.3 is 20.3 Å². The first kappa shape index (κ1) is 12.5. The van der Waals surface area contributed by atoms with Gasteiger partial charge in [0.1, 0.15) is 10.2 Å². The maximum atomic E-state index is 10.2. The van der Waals surface area contributed by atoms with E-state index in [9.17, 15) is 5.11 Å². The minimum atomic E-state index is -0.0911. The number of rotatable bonds is 4. The Morgan fingerprint density at radius 3 is 2.47 bits per heavy atom. The lowest BCUT2D eigenvalue weighted by molar-refractivity contribution is 0.346. The van der Waals surface area contributed by atoms with Gasteiger partial charge in [-0.05, 0) is 34.8 Å². The molecule has 0 spiro atoms. The van der Waals surface area contributed by atoms with Gasteiger partial charge in [-0.2, -0.15) is 0 Å². The smallest absolute Gasteiger partial charge is 0.178 e. The molecule has 17 heavy (non-hydrogen) atoms. The summed E-state index contributed by atoms with van der Waals surface area (Å²) in [5, 5.41) is 10.2. The molecule has 0 bridgehead atoms. The van der Waals surface area contributed by atoms with Crippen molar-refractivity contribution >= 4 is 15.9 Å². The Morgan fingerprint density at radius 2 is 2.06 bits per heavy atom. The van der Waals surface area contributed by atoms with Crippen molar-refractivity contribution in [1.29, 1.82) is 0 Å². The Kier molecular flexibility index (Phi) is 3.23. The van der Waals surface area contributed by atoms with Crippen LogP contribution in [0.15, 0.2) is 10.5 Å². The molecule has 0 heterocycles. The lowest BCUT2D eigenvalue weighted by atomic mass is 9.94. The summed E-state index contributed by atoms with van der Waals surface area (Å²) in [6.45, 7) is 0.530. The molecule has 0 saturated heterocycles. The van der Waals surface area contributed by atoms with E-state index in [2.05, 4.69) is 15.9 Å². The van der Waals surface area contributed by atoms with E-state index in [-0.39, 0.29) is 11.2 Å². The first-order chi connectivity index (χ1) is 8.09. The van der Waals surface area contributed by atoms with Crippen LogP contribution < -0.4 is 15.2 Å². The second-order valence-electron chi connectivity index (χ2n) is 4.31. The molecule has 1 aromatic carbocycles. The molecule has 1 aromatic rings. The normalized spacial score (nSPS) is 16.7. The van der Waals surface area contributed by atoms with Gasteiger partial charge in [0.25, 0.3) is 0 Å². The van der Waals surface area contributed by atoms with E-state index in [1.165, 1.54) is 7.11 Å². The SMILES string of the molecule is COc1cc(C2(CN)CC2)c(O)c(Br)c1OC. The van der Waals surface area contributed by atoms with Crippen molar-refractivity contribution < 1.29 is 14.6 Å². The Hall–Kier alpha value is -0.940. The second kappa shape index (κ2) is 4.38. The molecule has 0 amide bonds. The molecule has 1 saturated carbocycles. The molecule has 0 aromatic heterocycles. The Morgan fingerprint density at radius 1 is 1.41 bits per heavy atom. The molecular weight excluding hydrogens is 286 g/mol. The van der Waals surface area contributed by atoms with Gasteiger partial charge in [-0.1, -0.05) is 0 Å². The maximum Gasteiger partial charge on any atom is 0.178 e. The third-order valence-corrected chi connectivity index (χ3v) is 4.14. The van der Waals surface area contributed by atoms with E-state index in [1.54, 1.807) is 7.11 Å². The predicted molar refractivity (Wildman–Crippen MR) is 68.9 cm³/mol. The number of benzene rings is 1. The summed E-state index contributed by atoms with van der Waals surface area (Å²) in [7, 11) is 3.12. The first-order valence-corrected chi connectivity index (χ1v) is 6.23. The Balaban J connectivity index is 2.58. The zero-order valence-corrected chi connectivity index (χ0v) is 11.5. The van der Waals surface area contributed by atoms with Crippen LogP contribution in [0, 0.1) is 0 Å². The highest BCUT2D eigenvalue weighted by atomic mass is 79.9. The summed E-state index contributed by atoms with van der Waals surface area (Å²) in [5.74, 6) is 1.30. The number of halogens is 1. The van der Waals surface area contributed by atoms with Crippen LogP contribution in [0.2, 0.25) is 0 Å². The second-order valence-corrected chi connectivity index (χ2v) is 5.10. The average molecular weight is 302 g/mol. The van der Waals surface area contributed by atoms with Gasteiger partial charge in [-0.3, -0.25) is 0 Å². The molecule has 0 radical (unpaired) electrons. The maximum absolute atomic E-state index is 10.2. The van der Waals surface area contributed by atoms with Crippen molar-refractivity contribution in [2.45, 2.75) is 18.3 Å². The molecule has 0 unspecified atom stereocenters. The van der Waals surface area contributed by atoms with Gasteiger partial charge in [0.05, 0.1) is 14.2 Å². The minimum Gasteiger partial charge on any atom is -0.506 e. The number of nitrogens with two attached hydrogens (primary N) is 1. The molecule has 3 N–H and O–H groups in total. The minimum absolute atomic E-state index is 0.0911. The van der Waals surface area contributed by atoms with Gasteiger partial charge in [0, 0.05) is 17.5 Å². The van der Waals surface area contributed by atoms with E-state index >= 15 is 0 Å². The zero-order chi connectivity index (χ0) is 12.6. The number of hydrogen-bond acceptors (Lipinski definition) is 4. The van der Waals surface area contributed by atoms with Crippen molar-refractivity contribution in [3.8, 4) is 17.2 Å². The summed E-state index contributed by atoms with van der Waals surface area (Å²) in [5.41, 5.74) is 6.53. The highest BCUT2D eigenvalue weighted by molar-refractivity contribution is 9.10. The van der Waals surface area contributed by atoms with E-state index in [4.69, 9.17) is 15.2 Å². The fraction of sp³-hybridized carbons (Fsp3) is 0.500.